The molecule has 1 aromatic carbocycles. The first-order chi connectivity index (χ1) is 15.2. The van der Waals surface area contributed by atoms with Gasteiger partial charge in [0, 0.05) is 48.6 Å². The molecule has 0 bridgehead atoms. The Bertz CT molecular complexity index is 1250. The normalized spacial score (nSPS) is 16.9. The van der Waals surface area contributed by atoms with Crippen molar-refractivity contribution < 1.29 is 4.74 Å². The molecule has 0 radical (unpaired) electrons. The average molecular weight is 415 g/mol. The van der Waals surface area contributed by atoms with Gasteiger partial charge in [0.1, 0.15) is 0 Å². The Morgan fingerprint density at radius 1 is 1.16 bits per heavy atom. The number of rotatable bonds is 6. The molecular formula is C24H25N5O2. The molecule has 0 aliphatic carbocycles. The number of aromatic amines is 2. The number of methoxy groups -OCH3 is 1. The molecular weight excluding hydrogens is 390 g/mol. The third-order valence-electron chi connectivity index (χ3n) is 6.00. The molecule has 4 heterocycles. The number of H-pyrrole nitrogens is 2. The van der Waals surface area contributed by atoms with Crippen LogP contribution in [0.4, 0.5) is 0 Å². The van der Waals surface area contributed by atoms with Gasteiger partial charge in [-0.25, -0.2) is 5.10 Å². The Balaban J connectivity index is 1.45. The van der Waals surface area contributed by atoms with Crippen molar-refractivity contribution in [3.8, 4) is 22.5 Å². The van der Waals surface area contributed by atoms with E-state index >= 15 is 0 Å². The van der Waals surface area contributed by atoms with E-state index in [9.17, 15) is 4.79 Å². The summed E-state index contributed by atoms with van der Waals surface area (Å²) in [6.07, 6.45) is 5.83. The third kappa shape index (κ3) is 4.02. The van der Waals surface area contributed by atoms with Gasteiger partial charge in [0.15, 0.2) is 0 Å². The number of fused-ring (bicyclic) bond motifs is 1. The number of aromatic nitrogens is 4. The van der Waals surface area contributed by atoms with E-state index < -0.39 is 0 Å². The van der Waals surface area contributed by atoms with Gasteiger partial charge in [-0.05, 0) is 61.3 Å². The second-order valence-electron chi connectivity index (χ2n) is 8.06. The summed E-state index contributed by atoms with van der Waals surface area (Å²) in [5, 5.41) is 7.90. The van der Waals surface area contributed by atoms with Gasteiger partial charge in [0.2, 0.25) is 0 Å². The fourth-order valence-corrected chi connectivity index (χ4v) is 4.42. The molecule has 7 nitrogen and oxygen atoms in total. The maximum Gasteiger partial charge on any atom is 0.273 e. The molecule has 5 rings (SSSR count). The van der Waals surface area contributed by atoms with Crippen LogP contribution < -0.4 is 5.56 Å². The summed E-state index contributed by atoms with van der Waals surface area (Å²) in [4.78, 5) is 22.4. The maximum atomic E-state index is 12.5. The van der Waals surface area contributed by atoms with Gasteiger partial charge in [-0.15, -0.1) is 0 Å². The van der Waals surface area contributed by atoms with Crippen LogP contribution in [0, 0.1) is 0 Å². The molecule has 7 heteroatoms. The van der Waals surface area contributed by atoms with Crippen molar-refractivity contribution >= 4 is 10.9 Å². The first-order valence-corrected chi connectivity index (χ1v) is 10.6. The SMILES string of the molecule is COC[C@@H]1CCCN1Cc1ccc2[nH]c(-c3cc(-c4ccncc4)n[nH]c3=O)cc2c1. The zero-order chi connectivity index (χ0) is 21.2. The minimum absolute atomic E-state index is 0.218. The third-order valence-corrected chi connectivity index (χ3v) is 6.00. The number of hydrogen-bond donors (Lipinski definition) is 2. The smallest absolute Gasteiger partial charge is 0.273 e. The molecule has 1 saturated heterocycles. The topological polar surface area (TPSA) is 86.9 Å². The molecule has 3 aromatic heterocycles. The summed E-state index contributed by atoms with van der Waals surface area (Å²) < 4.78 is 5.38. The molecule has 1 aliphatic heterocycles. The molecule has 0 saturated carbocycles. The number of nitrogens with one attached hydrogen (secondary N) is 2. The van der Waals surface area contributed by atoms with E-state index in [0.29, 0.717) is 17.3 Å². The van der Waals surface area contributed by atoms with Gasteiger partial charge >= 0.3 is 0 Å². The van der Waals surface area contributed by atoms with Crippen LogP contribution in [0.2, 0.25) is 0 Å². The molecule has 0 amide bonds. The van der Waals surface area contributed by atoms with Gasteiger partial charge < -0.3 is 9.72 Å². The van der Waals surface area contributed by atoms with Gasteiger partial charge in [0.05, 0.1) is 23.6 Å². The molecule has 0 unspecified atom stereocenters. The zero-order valence-electron chi connectivity index (χ0n) is 17.5. The van der Waals surface area contributed by atoms with E-state index in [1.54, 1.807) is 19.5 Å². The summed E-state index contributed by atoms with van der Waals surface area (Å²) in [7, 11) is 1.77. The van der Waals surface area contributed by atoms with Gasteiger partial charge in [-0.3, -0.25) is 14.7 Å². The molecule has 2 N–H and O–H groups in total. The van der Waals surface area contributed by atoms with E-state index in [4.69, 9.17) is 4.74 Å². The van der Waals surface area contributed by atoms with E-state index in [1.807, 2.05) is 24.3 Å². The van der Waals surface area contributed by atoms with Crippen LogP contribution in [0.25, 0.3) is 33.4 Å². The first-order valence-electron chi connectivity index (χ1n) is 10.6. The van der Waals surface area contributed by atoms with Crippen molar-refractivity contribution in [2.24, 2.45) is 0 Å². The average Bonchev–Trinajstić information content (AvgIpc) is 3.41. The first kappa shape index (κ1) is 19.7. The highest BCUT2D eigenvalue weighted by molar-refractivity contribution is 5.86. The van der Waals surface area contributed by atoms with Crippen molar-refractivity contribution in [1.82, 2.24) is 25.1 Å². The molecule has 158 valence electrons. The van der Waals surface area contributed by atoms with Gasteiger partial charge in [0.25, 0.3) is 5.56 Å². The Kier molecular flexibility index (Phi) is 5.36. The second kappa shape index (κ2) is 8.45. The van der Waals surface area contributed by atoms with Crippen LogP contribution in [0.5, 0.6) is 0 Å². The van der Waals surface area contributed by atoms with Crippen LogP contribution in [0.15, 0.2) is 59.7 Å². The molecule has 31 heavy (non-hydrogen) atoms. The number of ether oxygens (including phenoxy) is 1. The monoisotopic (exact) mass is 415 g/mol. The largest absolute Gasteiger partial charge is 0.383 e. The van der Waals surface area contributed by atoms with Crippen molar-refractivity contribution in [2.45, 2.75) is 25.4 Å². The lowest BCUT2D eigenvalue weighted by Gasteiger charge is -2.23. The molecule has 1 aliphatic rings. The molecule has 1 fully saturated rings. The van der Waals surface area contributed by atoms with Crippen molar-refractivity contribution in [2.75, 3.05) is 20.3 Å². The highest BCUT2D eigenvalue weighted by atomic mass is 16.5. The number of pyridine rings is 1. The summed E-state index contributed by atoms with van der Waals surface area (Å²) in [5.41, 5.74) is 5.02. The quantitative estimate of drug-likeness (QED) is 0.503. The highest BCUT2D eigenvalue weighted by Crippen LogP contribution is 2.27. The molecule has 4 aromatic rings. The van der Waals surface area contributed by atoms with Gasteiger partial charge in [-0.2, -0.15) is 5.10 Å². The summed E-state index contributed by atoms with van der Waals surface area (Å²) >= 11 is 0. The Labute approximate surface area is 180 Å². The Morgan fingerprint density at radius 3 is 2.87 bits per heavy atom. The minimum atomic E-state index is -0.218. The van der Waals surface area contributed by atoms with Crippen molar-refractivity contribution in [1.29, 1.82) is 0 Å². The second-order valence-corrected chi connectivity index (χ2v) is 8.06. The molecule has 0 spiro atoms. The predicted octanol–water partition coefficient (Wildman–Crippen LogP) is 3.59. The van der Waals surface area contributed by atoms with E-state index in [-0.39, 0.29) is 5.56 Å². The molecule has 1 atom stereocenters. The Hall–Kier alpha value is -3.29. The maximum absolute atomic E-state index is 12.5. The fraction of sp³-hybridized carbons (Fsp3) is 0.292. The lowest BCUT2D eigenvalue weighted by atomic mass is 10.1. The highest BCUT2D eigenvalue weighted by Gasteiger charge is 2.24. The number of benzene rings is 1. The van der Waals surface area contributed by atoms with Crippen LogP contribution in [-0.4, -0.2) is 51.4 Å². The Morgan fingerprint density at radius 2 is 2.03 bits per heavy atom. The van der Waals surface area contributed by atoms with Crippen LogP contribution in [0.3, 0.4) is 0 Å². The van der Waals surface area contributed by atoms with E-state index in [0.717, 1.165) is 41.9 Å². The van der Waals surface area contributed by atoms with Crippen LogP contribution in [0.1, 0.15) is 18.4 Å². The summed E-state index contributed by atoms with van der Waals surface area (Å²) in [6.45, 7) is 2.79. The van der Waals surface area contributed by atoms with Crippen LogP contribution in [-0.2, 0) is 11.3 Å². The van der Waals surface area contributed by atoms with E-state index in [2.05, 4.69) is 43.3 Å². The van der Waals surface area contributed by atoms with E-state index in [1.165, 1.54) is 18.4 Å². The lowest BCUT2D eigenvalue weighted by molar-refractivity contribution is 0.112. The fourth-order valence-electron chi connectivity index (χ4n) is 4.42. The van der Waals surface area contributed by atoms with Gasteiger partial charge in [-0.1, -0.05) is 6.07 Å². The summed E-state index contributed by atoms with van der Waals surface area (Å²) in [5.74, 6) is 0. The van der Waals surface area contributed by atoms with Crippen molar-refractivity contribution in [3.05, 3.63) is 70.8 Å². The minimum Gasteiger partial charge on any atom is -0.383 e. The number of nitrogens with zero attached hydrogens (tertiary/aromatic N) is 3. The number of likely N-dealkylation sites (tertiary alicyclic amines) is 1. The standard InChI is InChI=1S/C24H25N5O2/c1-31-15-19-3-2-10-29(19)14-16-4-5-21-18(11-16)12-23(26-21)20-13-22(27-28-24(20)30)17-6-8-25-9-7-17/h4-9,11-13,19,26H,2-3,10,14-15H2,1H3,(H,28,30)/t19-/m0/s1. The summed E-state index contributed by atoms with van der Waals surface area (Å²) in [6, 6.07) is 14.5. The zero-order valence-corrected chi connectivity index (χ0v) is 17.5. The van der Waals surface area contributed by atoms with Crippen LogP contribution >= 0.6 is 0 Å². The predicted molar refractivity (Wildman–Crippen MR) is 121 cm³/mol. The number of hydrogen-bond acceptors (Lipinski definition) is 5. The van der Waals surface area contributed by atoms with Crippen molar-refractivity contribution in [3.63, 3.8) is 0 Å². The lowest BCUT2D eigenvalue weighted by Crippen LogP contribution is -2.32.